The summed E-state index contributed by atoms with van der Waals surface area (Å²) in [4.78, 5) is 0.779. The van der Waals surface area contributed by atoms with E-state index in [0.717, 1.165) is 46.5 Å². The maximum atomic E-state index is 14.0. The Hall–Kier alpha value is -5.13. The second-order valence-corrected chi connectivity index (χ2v) is 18.4. The molecule has 0 saturated carbocycles. The van der Waals surface area contributed by atoms with Gasteiger partial charge in [-0.1, -0.05) is 127 Å². The average Bonchev–Trinajstić information content (AvgIpc) is 3.82. The highest BCUT2D eigenvalue weighted by atomic mass is 32.2. The zero-order valence-electron chi connectivity index (χ0n) is 33.9. The molecule has 0 spiro atoms. The third-order valence-corrected chi connectivity index (χ3v) is 14.9. The molecule has 1 aliphatic heterocycles. The molecule has 0 amide bonds. The van der Waals surface area contributed by atoms with Gasteiger partial charge in [0, 0.05) is 67.8 Å². The summed E-state index contributed by atoms with van der Waals surface area (Å²) in [6.07, 6.45) is 9.81. The molecule has 9 rings (SSSR count). The van der Waals surface area contributed by atoms with E-state index in [0.29, 0.717) is 21.6 Å². The van der Waals surface area contributed by atoms with Gasteiger partial charge in [0.25, 0.3) is 0 Å². The Bertz CT molecular complexity index is 2700. The van der Waals surface area contributed by atoms with E-state index in [9.17, 15) is 8.42 Å². The van der Waals surface area contributed by atoms with Crippen LogP contribution in [0.25, 0.3) is 77.0 Å². The lowest BCUT2D eigenvalue weighted by atomic mass is 9.95. The van der Waals surface area contributed by atoms with E-state index in [1.165, 1.54) is 95.0 Å². The number of benzene rings is 6. The fourth-order valence-corrected chi connectivity index (χ4v) is 11.3. The van der Waals surface area contributed by atoms with Crippen molar-refractivity contribution >= 4 is 53.4 Å². The maximum Gasteiger partial charge on any atom is 0.207 e. The third kappa shape index (κ3) is 6.49. The van der Waals surface area contributed by atoms with Gasteiger partial charge in [-0.25, -0.2) is 8.42 Å². The minimum atomic E-state index is -3.63. The topological polar surface area (TPSA) is 44.0 Å². The summed E-state index contributed by atoms with van der Waals surface area (Å²) in [6.45, 7) is 11.2. The van der Waals surface area contributed by atoms with E-state index < -0.39 is 9.84 Å². The second-order valence-electron chi connectivity index (χ2n) is 16.5. The van der Waals surface area contributed by atoms with Gasteiger partial charge >= 0.3 is 0 Å². The number of hydrogen-bond donors (Lipinski definition) is 0. The summed E-state index contributed by atoms with van der Waals surface area (Å²) in [5.74, 6) is 1.28. The molecule has 0 saturated heterocycles. The molecule has 0 radical (unpaired) electrons. The molecule has 3 heterocycles. The van der Waals surface area contributed by atoms with E-state index in [-0.39, 0.29) is 0 Å². The summed E-state index contributed by atoms with van der Waals surface area (Å²) >= 11 is 0. The van der Waals surface area contributed by atoms with Gasteiger partial charge in [-0.05, 0) is 108 Å². The van der Waals surface area contributed by atoms with E-state index in [1.54, 1.807) is 0 Å². The molecule has 0 bridgehead atoms. The lowest BCUT2D eigenvalue weighted by Crippen LogP contribution is -2.10. The van der Waals surface area contributed by atoms with Crippen LogP contribution in [-0.2, 0) is 22.9 Å². The van der Waals surface area contributed by atoms with Gasteiger partial charge < -0.3 is 9.13 Å². The molecule has 2 unspecified atom stereocenters. The molecule has 0 fully saturated rings. The van der Waals surface area contributed by atoms with Crippen molar-refractivity contribution in [1.82, 2.24) is 9.13 Å². The van der Waals surface area contributed by atoms with E-state index in [4.69, 9.17) is 0 Å². The third-order valence-electron chi connectivity index (χ3n) is 13.0. The number of para-hydroxylation sites is 2. The molecule has 0 aliphatic carbocycles. The Morgan fingerprint density at radius 3 is 1.26 bits per heavy atom. The van der Waals surface area contributed by atoms with Crippen molar-refractivity contribution in [3.8, 4) is 33.4 Å². The predicted octanol–water partition coefficient (Wildman–Crippen LogP) is 14.5. The Labute approximate surface area is 338 Å². The normalized spacial score (nSPS) is 14.5. The smallest absolute Gasteiger partial charge is 0.207 e. The van der Waals surface area contributed by atoms with Gasteiger partial charge in [-0.2, -0.15) is 0 Å². The van der Waals surface area contributed by atoms with E-state index in [1.807, 2.05) is 24.3 Å². The van der Waals surface area contributed by atoms with Gasteiger partial charge in [0.1, 0.15) is 0 Å². The summed E-state index contributed by atoms with van der Waals surface area (Å²) in [7, 11) is -3.63. The van der Waals surface area contributed by atoms with Crippen LogP contribution in [0.1, 0.15) is 79.1 Å². The van der Waals surface area contributed by atoms with Gasteiger partial charge in [0.15, 0.2) is 0 Å². The molecule has 290 valence electrons. The Balaban J connectivity index is 1.10. The van der Waals surface area contributed by atoms with Crippen molar-refractivity contribution < 1.29 is 8.42 Å². The van der Waals surface area contributed by atoms with E-state index >= 15 is 0 Å². The quantitative estimate of drug-likeness (QED) is 0.111. The minimum absolute atomic E-state index is 0.390. The minimum Gasteiger partial charge on any atom is -0.340 e. The van der Waals surface area contributed by atoms with Crippen LogP contribution in [0.4, 0.5) is 0 Å². The molecular formula is C52H54N2O2S. The monoisotopic (exact) mass is 770 g/mol. The van der Waals surface area contributed by atoms with Crippen molar-refractivity contribution in [1.29, 1.82) is 0 Å². The lowest BCUT2D eigenvalue weighted by Gasteiger charge is -2.17. The SMILES string of the molecule is CCCCC(CC)Cn1c2ccccc2c2cc(-c3ccc4c(c3)-c3cc(-c5ccc6c(c5)c5ccccc5n6CC(CC)CCCC)ccc3S4(=O)=O)ccc21. The Morgan fingerprint density at radius 1 is 0.456 bits per heavy atom. The highest BCUT2D eigenvalue weighted by Gasteiger charge is 2.33. The molecule has 4 nitrogen and oxygen atoms in total. The van der Waals surface area contributed by atoms with Crippen LogP contribution >= 0.6 is 0 Å². The van der Waals surface area contributed by atoms with Crippen LogP contribution in [0.2, 0.25) is 0 Å². The first-order valence-corrected chi connectivity index (χ1v) is 22.9. The van der Waals surface area contributed by atoms with Crippen LogP contribution in [0.5, 0.6) is 0 Å². The van der Waals surface area contributed by atoms with Crippen LogP contribution in [0.3, 0.4) is 0 Å². The zero-order valence-corrected chi connectivity index (χ0v) is 34.7. The molecule has 5 heteroatoms. The fourth-order valence-electron chi connectivity index (χ4n) is 9.64. The Morgan fingerprint density at radius 2 is 0.842 bits per heavy atom. The summed E-state index contributed by atoms with van der Waals surface area (Å²) in [6, 6.07) is 42.9. The van der Waals surface area contributed by atoms with Crippen molar-refractivity contribution in [2.24, 2.45) is 11.8 Å². The molecule has 1 aliphatic rings. The van der Waals surface area contributed by atoms with Crippen LogP contribution in [-0.4, -0.2) is 17.6 Å². The van der Waals surface area contributed by atoms with Gasteiger partial charge in [-0.3, -0.25) is 0 Å². The number of unbranched alkanes of at least 4 members (excludes halogenated alkanes) is 2. The number of sulfone groups is 1. The second kappa shape index (κ2) is 15.3. The van der Waals surface area contributed by atoms with Crippen molar-refractivity contribution in [3.63, 3.8) is 0 Å². The number of fused-ring (bicyclic) bond motifs is 9. The first kappa shape index (κ1) is 37.4. The molecule has 8 aromatic rings. The zero-order chi connectivity index (χ0) is 39.3. The molecule has 2 atom stereocenters. The standard InChI is InChI=1S/C52H54N2O2S/c1-5-9-15-35(7-3)33-53-47-19-13-11-17-41(47)43-29-37(21-25-49(43)53)39-23-27-51-45(31-39)46-32-40(24-28-52(46)57(51,55)56)38-22-26-50-44(30-38)42-18-12-14-20-48(42)54(50)34-36(8-4)16-10-6-2/h11-14,17-32,35-36H,5-10,15-16,33-34H2,1-4H3. The predicted molar refractivity (Wildman–Crippen MR) is 241 cm³/mol. The molecule has 6 aromatic carbocycles. The number of rotatable bonds is 14. The van der Waals surface area contributed by atoms with Crippen LogP contribution in [0.15, 0.2) is 131 Å². The number of hydrogen-bond acceptors (Lipinski definition) is 2. The largest absolute Gasteiger partial charge is 0.340 e. The highest BCUT2D eigenvalue weighted by molar-refractivity contribution is 7.92. The van der Waals surface area contributed by atoms with Crippen LogP contribution < -0.4 is 0 Å². The lowest BCUT2D eigenvalue weighted by molar-refractivity contribution is 0.401. The molecule has 2 aromatic heterocycles. The highest BCUT2D eigenvalue weighted by Crippen LogP contribution is 2.47. The van der Waals surface area contributed by atoms with Crippen molar-refractivity contribution in [2.45, 2.75) is 102 Å². The summed E-state index contributed by atoms with van der Waals surface area (Å²) in [5.41, 5.74) is 10.9. The van der Waals surface area contributed by atoms with Gasteiger partial charge in [-0.15, -0.1) is 0 Å². The van der Waals surface area contributed by atoms with Crippen molar-refractivity contribution in [3.05, 3.63) is 121 Å². The Kier molecular flexibility index (Phi) is 10.1. The fraction of sp³-hybridized carbons (Fsp3) is 0.308. The molecule has 57 heavy (non-hydrogen) atoms. The number of aromatic nitrogens is 2. The average molecular weight is 771 g/mol. The number of nitrogens with zero attached hydrogens (tertiary/aromatic N) is 2. The summed E-state index contributed by atoms with van der Waals surface area (Å²) < 4.78 is 33.0. The molecular weight excluding hydrogens is 717 g/mol. The first-order chi connectivity index (χ1) is 27.8. The molecule has 0 N–H and O–H groups in total. The maximum absolute atomic E-state index is 14.0. The van der Waals surface area contributed by atoms with Gasteiger partial charge in [0.05, 0.1) is 9.79 Å². The van der Waals surface area contributed by atoms with E-state index in [2.05, 4.69) is 134 Å². The first-order valence-electron chi connectivity index (χ1n) is 21.4. The van der Waals surface area contributed by atoms with Crippen molar-refractivity contribution in [2.75, 3.05) is 0 Å². The van der Waals surface area contributed by atoms with Gasteiger partial charge in [0.2, 0.25) is 9.84 Å². The summed E-state index contributed by atoms with van der Waals surface area (Å²) in [5, 5.41) is 5.01. The van der Waals surface area contributed by atoms with Crippen LogP contribution in [0, 0.1) is 11.8 Å².